The molecule has 0 amide bonds. The number of rotatable bonds is 15. The maximum absolute atomic E-state index is 11.7. The monoisotopic (exact) mass is 313 g/mol. The minimum absolute atomic E-state index is 0.117. The second-order valence-electron chi connectivity index (χ2n) is 6.64. The lowest BCUT2D eigenvalue weighted by molar-refractivity contribution is -0.148. The molecule has 0 rings (SSSR count). The number of hydrogen-bond acceptors (Lipinski definition) is 3. The summed E-state index contributed by atoms with van der Waals surface area (Å²) in [6.45, 7) is 7.19. The molecule has 0 aromatic carbocycles. The van der Waals surface area contributed by atoms with E-state index >= 15 is 0 Å². The Labute approximate surface area is 138 Å². The van der Waals surface area contributed by atoms with Gasteiger partial charge in [0.15, 0.2) is 0 Å². The lowest BCUT2D eigenvalue weighted by Gasteiger charge is -2.18. The number of hydrogen-bond donors (Lipinski definition) is 1. The van der Waals surface area contributed by atoms with Gasteiger partial charge in [-0.15, -0.1) is 0 Å². The van der Waals surface area contributed by atoms with Gasteiger partial charge < -0.3 is 10.5 Å². The first-order chi connectivity index (χ1) is 10.7. The highest BCUT2D eigenvalue weighted by atomic mass is 16.5. The molecule has 0 unspecified atom stereocenters. The van der Waals surface area contributed by atoms with Crippen LogP contribution in [0.2, 0.25) is 0 Å². The van der Waals surface area contributed by atoms with Crippen LogP contribution in [0.25, 0.3) is 0 Å². The Balaban J connectivity index is 3.55. The number of unbranched alkanes of at least 4 members (excludes halogenated alkanes) is 8. The van der Waals surface area contributed by atoms with E-state index < -0.39 is 0 Å². The zero-order valence-electron chi connectivity index (χ0n) is 15.2. The molecule has 0 saturated carbocycles. The molecule has 3 heteroatoms. The first kappa shape index (κ1) is 21.4. The van der Waals surface area contributed by atoms with Crippen LogP contribution in [-0.2, 0) is 9.53 Å². The molecule has 0 aliphatic carbocycles. The van der Waals surface area contributed by atoms with Crippen LogP contribution in [0, 0.1) is 11.8 Å². The zero-order chi connectivity index (χ0) is 16.6. The SMILES string of the molecule is CCCCCCCCCCC[C@H](C)C[C@H](CN)C(=O)OCC. The average molecular weight is 314 g/mol. The average Bonchev–Trinajstić information content (AvgIpc) is 2.51. The van der Waals surface area contributed by atoms with Gasteiger partial charge >= 0.3 is 5.97 Å². The highest BCUT2D eigenvalue weighted by molar-refractivity contribution is 5.72. The molecule has 0 aliphatic rings. The molecule has 0 fully saturated rings. The summed E-state index contributed by atoms with van der Waals surface area (Å²) in [6, 6.07) is 0. The lowest BCUT2D eigenvalue weighted by atomic mass is 9.91. The molecule has 0 aromatic rings. The van der Waals surface area contributed by atoms with Crippen LogP contribution in [0.15, 0.2) is 0 Å². The Hall–Kier alpha value is -0.570. The predicted molar refractivity (Wildman–Crippen MR) is 94.8 cm³/mol. The Kier molecular flexibility index (Phi) is 14.9. The highest BCUT2D eigenvalue weighted by Crippen LogP contribution is 2.20. The Morgan fingerprint density at radius 1 is 0.955 bits per heavy atom. The van der Waals surface area contributed by atoms with Crippen molar-refractivity contribution < 1.29 is 9.53 Å². The van der Waals surface area contributed by atoms with Gasteiger partial charge in [0.05, 0.1) is 12.5 Å². The van der Waals surface area contributed by atoms with Crippen LogP contribution in [0.5, 0.6) is 0 Å². The third-order valence-electron chi connectivity index (χ3n) is 4.39. The summed E-state index contributed by atoms with van der Waals surface area (Å²) >= 11 is 0. The van der Waals surface area contributed by atoms with Crippen LogP contribution in [0.1, 0.15) is 91.4 Å². The van der Waals surface area contributed by atoms with Crippen LogP contribution >= 0.6 is 0 Å². The van der Waals surface area contributed by atoms with Gasteiger partial charge in [-0.05, 0) is 19.3 Å². The third kappa shape index (κ3) is 12.0. The van der Waals surface area contributed by atoms with E-state index in [0.29, 0.717) is 19.1 Å². The topological polar surface area (TPSA) is 52.3 Å². The number of esters is 1. The van der Waals surface area contributed by atoms with Gasteiger partial charge in [-0.1, -0.05) is 78.1 Å². The molecule has 2 atom stereocenters. The first-order valence-corrected chi connectivity index (χ1v) is 9.52. The third-order valence-corrected chi connectivity index (χ3v) is 4.39. The van der Waals surface area contributed by atoms with Gasteiger partial charge in [-0.3, -0.25) is 4.79 Å². The lowest BCUT2D eigenvalue weighted by Crippen LogP contribution is -2.27. The molecule has 0 saturated heterocycles. The minimum atomic E-state index is -0.121. The quantitative estimate of drug-likeness (QED) is 0.339. The van der Waals surface area contributed by atoms with Crippen molar-refractivity contribution in [3.63, 3.8) is 0 Å². The van der Waals surface area contributed by atoms with Crippen molar-refractivity contribution in [3.05, 3.63) is 0 Å². The molecule has 3 nitrogen and oxygen atoms in total. The van der Waals surface area contributed by atoms with Crippen LogP contribution < -0.4 is 5.73 Å². The van der Waals surface area contributed by atoms with E-state index in [0.717, 1.165) is 6.42 Å². The van der Waals surface area contributed by atoms with Crippen molar-refractivity contribution in [2.24, 2.45) is 17.6 Å². The van der Waals surface area contributed by atoms with E-state index in [4.69, 9.17) is 10.5 Å². The van der Waals surface area contributed by atoms with Gasteiger partial charge in [-0.2, -0.15) is 0 Å². The van der Waals surface area contributed by atoms with E-state index in [-0.39, 0.29) is 11.9 Å². The Bertz CT molecular complexity index is 256. The summed E-state index contributed by atoms with van der Waals surface area (Å²) in [5.74, 6) is 0.319. The molecular weight excluding hydrogens is 274 g/mol. The van der Waals surface area contributed by atoms with Crippen LogP contribution in [0.3, 0.4) is 0 Å². The van der Waals surface area contributed by atoms with Crippen molar-refractivity contribution >= 4 is 5.97 Å². The number of carbonyl (C=O) groups excluding carboxylic acids is 1. The smallest absolute Gasteiger partial charge is 0.310 e. The second kappa shape index (κ2) is 15.3. The Morgan fingerprint density at radius 2 is 1.50 bits per heavy atom. The fraction of sp³-hybridized carbons (Fsp3) is 0.947. The van der Waals surface area contributed by atoms with E-state index in [9.17, 15) is 4.79 Å². The summed E-state index contributed by atoms with van der Waals surface area (Å²) < 4.78 is 5.07. The fourth-order valence-corrected chi connectivity index (χ4v) is 2.96. The summed E-state index contributed by atoms with van der Waals surface area (Å²) in [5.41, 5.74) is 5.70. The largest absolute Gasteiger partial charge is 0.466 e. The molecule has 0 heterocycles. The molecule has 22 heavy (non-hydrogen) atoms. The first-order valence-electron chi connectivity index (χ1n) is 9.52. The van der Waals surface area contributed by atoms with E-state index in [2.05, 4.69) is 13.8 Å². The van der Waals surface area contributed by atoms with Gasteiger partial charge in [0.2, 0.25) is 0 Å². The van der Waals surface area contributed by atoms with E-state index in [1.807, 2.05) is 6.92 Å². The molecule has 0 aliphatic heterocycles. The summed E-state index contributed by atoms with van der Waals surface area (Å²) in [6.07, 6.45) is 14.3. The summed E-state index contributed by atoms with van der Waals surface area (Å²) in [5, 5.41) is 0. The van der Waals surface area contributed by atoms with Gasteiger partial charge in [0, 0.05) is 6.54 Å². The normalized spacial score (nSPS) is 13.8. The number of ether oxygens (including phenoxy) is 1. The van der Waals surface area contributed by atoms with E-state index in [1.165, 1.54) is 64.2 Å². The summed E-state index contributed by atoms with van der Waals surface area (Å²) in [4.78, 5) is 11.7. The van der Waals surface area contributed by atoms with Crippen LogP contribution in [-0.4, -0.2) is 19.1 Å². The zero-order valence-corrected chi connectivity index (χ0v) is 15.2. The van der Waals surface area contributed by atoms with Gasteiger partial charge in [0.25, 0.3) is 0 Å². The maximum atomic E-state index is 11.7. The maximum Gasteiger partial charge on any atom is 0.310 e. The minimum Gasteiger partial charge on any atom is -0.466 e. The molecular formula is C19H39NO2. The standard InChI is InChI=1S/C19H39NO2/c1-4-6-7-8-9-10-11-12-13-14-17(3)15-18(16-20)19(21)22-5-2/h17-18H,4-16,20H2,1-3H3/t17-,18+/m0/s1. The summed E-state index contributed by atoms with van der Waals surface area (Å²) in [7, 11) is 0. The second-order valence-corrected chi connectivity index (χ2v) is 6.64. The molecule has 0 aromatic heterocycles. The van der Waals surface area contributed by atoms with Crippen molar-refractivity contribution in [2.75, 3.05) is 13.2 Å². The predicted octanol–water partition coefficient (Wildman–Crippen LogP) is 5.07. The van der Waals surface area contributed by atoms with Gasteiger partial charge in [0.1, 0.15) is 0 Å². The molecule has 2 N–H and O–H groups in total. The van der Waals surface area contributed by atoms with Crippen LogP contribution in [0.4, 0.5) is 0 Å². The number of nitrogens with two attached hydrogens (primary N) is 1. The highest BCUT2D eigenvalue weighted by Gasteiger charge is 2.20. The van der Waals surface area contributed by atoms with Gasteiger partial charge in [-0.25, -0.2) is 0 Å². The van der Waals surface area contributed by atoms with Crippen molar-refractivity contribution in [3.8, 4) is 0 Å². The molecule has 0 spiro atoms. The van der Waals surface area contributed by atoms with Crippen molar-refractivity contribution in [1.82, 2.24) is 0 Å². The molecule has 132 valence electrons. The Morgan fingerprint density at radius 3 is 2.00 bits per heavy atom. The van der Waals surface area contributed by atoms with Crippen molar-refractivity contribution in [1.29, 1.82) is 0 Å². The van der Waals surface area contributed by atoms with E-state index in [1.54, 1.807) is 0 Å². The molecule has 0 bridgehead atoms. The molecule has 0 radical (unpaired) electrons. The van der Waals surface area contributed by atoms with Crippen molar-refractivity contribution in [2.45, 2.75) is 91.4 Å². The fourth-order valence-electron chi connectivity index (χ4n) is 2.96. The number of carbonyl (C=O) groups is 1.